The van der Waals surface area contributed by atoms with Crippen LogP contribution in [0.4, 0.5) is 0 Å². The fourth-order valence-electron chi connectivity index (χ4n) is 2.32. The summed E-state index contributed by atoms with van der Waals surface area (Å²) in [4.78, 5) is 7.17. The Balaban J connectivity index is 1.76. The van der Waals surface area contributed by atoms with Gasteiger partial charge in [-0.05, 0) is 30.0 Å². The Morgan fingerprint density at radius 1 is 1.30 bits per heavy atom. The lowest BCUT2D eigenvalue weighted by atomic mass is 10.2. The van der Waals surface area contributed by atoms with Gasteiger partial charge >= 0.3 is 0 Å². The maximum atomic E-state index is 9.34. The van der Waals surface area contributed by atoms with E-state index in [-0.39, 0.29) is 12.6 Å². The first-order valence-electron chi connectivity index (χ1n) is 7.39. The Morgan fingerprint density at radius 2 is 2.22 bits per heavy atom. The van der Waals surface area contributed by atoms with Crippen molar-refractivity contribution in [1.29, 1.82) is 0 Å². The Morgan fingerprint density at radius 3 is 2.91 bits per heavy atom. The number of nitrogens with zero attached hydrogens (tertiary/aromatic N) is 4. The molecule has 0 radical (unpaired) electrons. The molecule has 0 fully saturated rings. The van der Waals surface area contributed by atoms with Crippen LogP contribution in [0.25, 0.3) is 10.8 Å². The number of pyridine rings is 1. The standard InChI is InChI=1S/C16H18N4O2S/c1-12(15-18-19-16(22-15)14-5-3-9-23-14)20(7-8-21)11-13-4-2-6-17-10-13/h2-6,9-10,12,21H,7-8,11H2,1H3. The van der Waals surface area contributed by atoms with Crippen molar-refractivity contribution in [2.75, 3.05) is 13.2 Å². The molecule has 0 amide bonds. The van der Waals surface area contributed by atoms with E-state index >= 15 is 0 Å². The lowest BCUT2D eigenvalue weighted by Crippen LogP contribution is -2.29. The maximum absolute atomic E-state index is 9.34. The molecule has 1 unspecified atom stereocenters. The summed E-state index contributed by atoms with van der Waals surface area (Å²) in [5.41, 5.74) is 1.07. The van der Waals surface area contributed by atoms with Gasteiger partial charge in [0, 0.05) is 25.5 Å². The number of hydrogen-bond donors (Lipinski definition) is 1. The number of aliphatic hydroxyl groups excluding tert-OH is 1. The van der Waals surface area contributed by atoms with E-state index in [9.17, 15) is 5.11 Å². The first-order chi connectivity index (χ1) is 11.3. The van der Waals surface area contributed by atoms with E-state index in [0.29, 0.717) is 24.9 Å². The van der Waals surface area contributed by atoms with Gasteiger partial charge in [-0.3, -0.25) is 9.88 Å². The molecule has 0 spiro atoms. The fraction of sp³-hybridized carbons (Fsp3) is 0.312. The number of thiophene rings is 1. The zero-order valence-electron chi connectivity index (χ0n) is 12.8. The Hall–Kier alpha value is -2.09. The van der Waals surface area contributed by atoms with Crippen LogP contribution in [-0.2, 0) is 6.54 Å². The van der Waals surface area contributed by atoms with Crippen molar-refractivity contribution in [2.24, 2.45) is 0 Å². The topological polar surface area (TPSA) is 75.3 Å². The molecular formula is C16H18N4O2S. The Labute approximate surface area is 138 Å². The minimum absolute atomic E-state index is 0.0660. The van der Waals surface area contributed by atoms with E-state index in [0.717, 1.165) is 10.4 Å². The molecule has 0 aliphatic rings. The predicted octanol–water partition coefficient (Wildman–Crippen LogP) is 2.75. The lowest BCUT2D eigenvalue weighted by molar-refractivity contribution is 0.135. The van der Waals surface area contributed by atoms with Gasteiger partial charge in [0.05, 0.1) is 17.5 Å². The molecule has 3 heterocycles. The molecule has 0 saturated carbocycles. The summed E-state index contributed by atoms with van der Waals surface area (Å²) < 4.78 is 5.80. The van der Waals surface area contributed by atoms with Gasteiger partial charge < -0.3 is 9.52 Å². The van der Waals surface area contributed by atoms with Crippen LogP contribution in [0.5, 0.6) is 0 Å². The third-order valence-electron chi connectivity index (χ3n) is 3.57. The van der Waals surface area contributed by atoms with E-state index in [1.54, 1.807) is 17.5 Å². The molecular weight excluding hydrogens is 312 g/mol. The molecule has 0 aliphatic carbocycles. The smallest absolute Gasteiger partial charge is 0.257 e. The fourth-order valence-corrected chi connectivity index (χ4v) is 2.97. The molecule has 3 aromatic rings. The zero-order chi connectivity index (χ0) is 16.1. The summed E-state index contributed by atoms with van der Waals surface area (Å²) in [5, 5.41) is 19.6. The average Bonchev–Trinajstić information content (AvgIpc) is 3.26. The third-order valence-corrected chi connectivity index (χ3v) is 4.43. The number of aromatic nitrogens is 3. The molecule has 0 aliphatic heterocycles. The molecule has 7 heteroatoms. The van der Waals surface area contributed by atoms with Crippen molar-refractivity contribution < 1.29 is 9.52 Å². The molecule has 1 atom stereocenters. The van der Waals surface area contributed by atoms with Crippen molar-refractivity contribution in [3.63, 3.8) is 0 Å². The van der Waals surface area contributed by atoms with Crippen LogP contribution < -0.4 is 0 Å². The van der Waals surface area contributed by atoms with Crippen LogP contribution >= 0.6 is 11.3 Å². The second-order valence-electron chi connectivity index (χ2n) is 5.15. The van der Waals surface area contributed by atoms with Gasteiger partial charge in [0.1, 0.15) is 0 Å². The highest BCUT2D eigenvalue weighted by Gasteiger charge is 2.22. The van der Waals surface area contributed by atoms with Crippen LogP contribution in [0, 0.1) is 0 Å². The van der Waals surface area contributed by atoms with E-state index in [4.69, 9.17) is 4.42 Å². The molecule has 0 aromatic carbocycles. The minimum atomic E-state index is -0.0939. The highest BCUT2D eigenvalue weighted by atomic mass is 32.1. The highest BCUT2D eigenvalue weighted by molar-refractivity contribution is 7.13. The monoisotopic (exact) mass is 330 g/mol. The van der Waals surface area contributed by atoms with Gasteiger partial charge in [-0.25, -0.2) is 0 Å². The summed E-state index contributed by atoms with van der Waals surface area (Å²) in [6.45, 7) is 3.24. The number of hydrogen-bond acceptors (Lipinski definition) is 7. The van der Waals surface area contributed by atoms with Gasteiger partial charge in [0.2, 0.25) is 5.89 Å². The summed E-state index contributed by atoms with van der Waals surface area (Å²) in [6, 6.07) is 7.72. The van der Waals surface area contributed by atoms with Crippen LogP contribution in [0.1, 0.15) is 24.4 Å². The summed E-state index contributed by atoms with van der Waals surface area (Å²) >= 11 is 1.56. The predicted molar refractivity (Wildman–Crippen MR) is 87.8 cm³/mol. The van der Waals surface area contributed by atoms with Crippen LogP contribution in [0.2, 0.25) is 0 Å². The van der Waals surface area contributed by atoms with Gasteiger partial charge in [-0.1, -0.05) is 12.1 Å². The van der Waals surface area contributed by atoms with E-state index < -0.39 is 0 Å². The molecule has 3 aromatic heterocycles. The summed E-state index contributed by atoms with van der Waals surface area (Å²) in [6.07, 6.45) is 3.57. The normalized spacial score (nSPS) is 12.7. The van der Waals surface area contributed by atoms with Gasteiger partial charge in [-0.2, -0.15) is 0 Å². The average molecular weight is 330 g/mol. The maximum Gasteiger partial charge on any atom is 0.257 e. The third kappa shape index (κ3) is 3.82. The second-order valence-corrected chi connectivity index (χ2v) is 6.10. The van der Waals surface area contributed by atoms with Gasteiger partial charge in [-0.15, -0.1) is 21.5 Å². The van der Waals surface area contributed by atoms with Crippen molar-refractivity contribution >= 4 is 11.3 Å². The molecule has 0 saturated heterocycles. The van der Waals surface area contributed by atoms with E-state index in [1.165, 1.54) is 0 Å². The van der Waals surface area contributed by atoms with Crippen LogP contribution in [0.3, 0.4) is 0 Å². The van der Waals surface area contributed by atoms with E-state index in [1.807, 2.05) is 42.8 Å². The van der Waals surface area contributed by atoms with Crippen molar-refractivity contribution in [3.8, 4) is 10.8 Å². The number of rotatable bonds is 7. The zero-order valence-corrected chi connectivity index (χ0v) is 13.6. The minimum Gasteiger partial charge on any atom is -0.418 e. The molecule has 23 heavy (non-hydrogen) atoms. The van der Waals surface area contributed by atoms with Crippen LogP contribution in [0.15, 0.2) is 46.5 Å². The second kappa shape index (κ2) is 7.45. The quantitative estimate of drug-likeness (QED) is 0.718. The summed E-state index contributed by atoms with van der Waals surface area (Å²) in [7, 11) is 0. The van der Waals surface area contributed by atoms with Crippen molar-refractivity contribution in [2.45, 2.75) is 19.5 Å². The first-order valence-corrected chi connectivity index (χ1v) is 8.27. The van der Waals surface area contributed by atoms with Crippen molar-refractivity contribution in [1.82, 2.24) is 20.1 Å². The Bertz CT molecular complexity index is 715. The largest absolute Gasteiger partial charge is 0.418 e. The van der Waals surface area contributed by atoms with Gasteiger partial charge in [0.25, 0.3) is 5.89 Å². The number of aliphatic hydroxyl groups is 1. The highest BCUT2D eigenvalue weighted by Crippen LogP contribution is 2.27. The van der Waals surface area contributed by atoms with Gasteiger partial charge in [0.15, 0.2) is 0 Å². The lowest BCUT2D eigenvalue weighted by Gasteiger charge is -2.25. The SMILES string of the molecule is CC(c1nnc(-c2cccs2)o1)N(CCO)Cc1cccnc1. The molecule has 0 bridgehead atoms. The molecule has 3 rings (SSSR count). The summed E-state index contributed by atoms with van der Waals surface area (Å²) in [5.74, 6) is 1.08. The van der Waals surface area contributed by atoms with Crippen LogP contribution in [-0.4, -0.2) is 38.3 Å². The first kappa shape index (κ1) is 15.8. The molecule has 1 N–H and O–H groups in total. The van der Waals surface area contributed by atoms with Crippen molar-refractivity contribution in [3.05, 3.63) is 53.5 Å². The van der Waals surface area contributed by atoms with E-state index in [2.05, 4.69) is 20.1 Å². The Kier molecular flexibility index (Phi) is 5.12. The molecule has 120 valence electrons. The molecule has 6 nitrogen and oxygen atoms in total.